The maximum Gasteiger partial charge on any atom is 0.416 e. The highest BCUT2D eigenvalue weighted by Crippen LogP contribution is 2.43. The number of likely N-dealkylation sites (tertiary alicyclic amines) is 1. The molecule has 2 saturated heterocycles. The van der Waals surface area contributed by atoms with E-state index in [1.807, 2.05) is 4.90 Å². The lowest BCUT2D eigenvalue weighted by molar-refractivity contribution is -0.383. The SMILES string of the molecule is O=c1nc(N2CCC3(CCN(Cc4ccc(F)c(Cl)c4)C3)CC2)sc2c([N+](=O)[O-])cc(C(F)(F)F)cc12. The molecule has 2 aliphatic heterocycles. The third-order valence-corrected chi connectivity index (χ3v) is 8.67. The summed E-state index contributed by atoms with van der Waals surface area (Å²) in [6.07, 6.45) is -2.23. The number of aromatic nitrogens is 1. The zero-order valence-corrected chi connectivity index (χ0v) is 20.9. The van der Waals surface area contributed by atoms with Gasteiger partial charge in [-0.3, -0.25) is 19.8 Å². The zero-order chi connectivity index (χ0) is 26.5. The van der Waals surface area contributed by atoms with Crippen molar-refractivity contribution in [3.63, 3.8) is 0 Å². The number of hydrogen-bond donors (Lipinski definition) is 0. The van der Waals surface area contributed by atoms with Gasteiger partial charge in [-0.2, -0.15) is 18.2 Å². The third-order valence-electron chi connectivity index (χ3n) is 7.22. The molecule has 1 aromatic heterocycles. The zero-order valence-electron chi connectivity index (χ0n) is 19.4. The van der Waals surface area contributed by atoms with Crippen LogP contribution in [0.2, 0.25) is 5.02 Å². The van der Waals surface area contributed by atoms with Gasteiger partial charge in [-0.05, 0) is 55.0 Å². The Bertz CT molecular complexity index is 1440. The molecule has 3 heterocycles. The Kier molecular flexibility index (Phi) is 6.61. The molecule has 13 heteroatoms. The van der Waals surface area contributed by atoms with Crippen molar-refractivity contribution < 1.29 is 22.5 Å². The molecule has 1 spiro atoms. The van der Waals surface area contributed by atoms with Gasteiger partial charge >= 0.3 is 6.18 Å². The van der Waals surface area contributed by atoms with E-state index >= 15 is 0 Å². The number of rotatable bonds is 4. The average molecular weight is 557 g/mol. The summed E-state index contributed by atoms with van der Waals surface area (Å²) in [4.78, 5) is 31.5. The molecule has 0 radical (unpaired) electrons. The number of nitro groups is 1. The Morgan fingerprint density at radius 1 is 1.14 bits per heavy atom. The Morgan fingerprint density at radius 3 is 2.49 bits per heavy atom. The first-order chi connectivity index (χ1) is 17.4. The maximum atomic E-state index is 13.5. The van der Waals surface area contributed by atoms with Gasteiger partial charge in [0, 0.05) is 32.2 Å². The van der Waals surface area contributed by atoms with Crippen LogP contribution in [0.5, 0.6) is 0 Å². The molecule has 0 aliphatic carbocycles. The standard InChI is InChI=1S/C24H21ClF4N4O3S/c25-17-9-14(1-2-18(17)26)12-31-6-3-23(13-31)4-7-32(8-5-23)22-30-21(34)16-10-15(24(27,28)29)11-19(33(35)36)20(16)37-22/h1-2,9-11H,3-8,12-13H2. The minimum atomic E-state index is -4.83. The summed E-state index contributed by atoms with van der Waals surface area (Å²) in [5, 5.41) is 11.5. The van der Waals surface area contributed by atoms with E-state index in [0.717, 1.165) is 49.3 Å². The molecule has 3 aromatic rings. The van der Waals surface area contributed by atoms with E-state index in [4.69, 9.17) is 11.6 Å². The van der Waals surface area contributed by atoms with E-state index in [9.17, 15) is 32.5 Å². The van der Waals surface area contributed by atoms with Crippen LogP contribution in [0.3, 0.4) is 0 Å². The number of nitrogens with zero attached hydrogens (tertiary/aromatic N) is 4. The van der Waals surface area contributed by atoms with E-state index in [-0.39, 0.29) is 20.3 Å². The maximum absolute atomic E-state index is 13.5. The van der Waals surface area contributed by atoms with Crippen molar-refractivity contribution >= 4 is 43.8 Å². The highest BCUT2D eigenvalue weighted by atomic mass is 35.5. The number of piperidine rings is 1. The second-order valence-corrected chi connectivity index (χ2v) is 11.0. The van der Waals surface area contributed by atoms with Gasteiger partial charge in [0.05, 0.1) is 20.9 Å². The summed E-state index contributed by atoms with van der Waals surface area (Å²) < 4.78 is 53.0. The summed E-state index contributed by atoms with van der Waals surface area (Å²) in [7, 11) is 0. The number of anilines is 1. The lowest BCUT2D eigenvalue weighted by atomic mass is 9.78. The molecule has 5 rings (SSSR count). The van der Waals surface area contributed by atoms with Gasteiger partial charge in [0.25, 0.3) is 11.2 Å². The largest absolute Gasteiger partial charge is 0.416 e. The Morgan fingerprint density at radius 2 is 1.84 bits per heavy atom. The number of nitro benzene ring substituents is 1. The number of fused-ring (bicyclic) bond motifs is 1. The highest BCUT2D eigenvalue weighted by molar-refractivity contribution is 7.22. The van der Waals surface area contributed by atoms with Gasteiger partial charge in [0.2, 0.25) is 0 Å². The monoisotopic (exact) mass is 556 g/mol. The molecule has 0 bridgehead atoms. The second kappa shape index (κ2) is 9.48. The van der Waals surface area contributed by atoms with Crippen LogP contribution in [0.25, 0.3) is 10.1 Å². The number of hydrogen-bond acceptors (Lipinski definition) is 7. The molecule has 7 nitrogen and oxygen atoms in total. The van der Waals surface area contributed by atoms with Crippen LogP contribution >= 0.6 is 22.9 Å². The van der Waals surface area contributed by atoms with Crippen LogP contribution in [0, 0.1) is 21.3 Å². The van der Waals surface area contributed by atoms with Crippen LogP contribution in [0.4, 0.5) is 28.4 Å². The number of benzene rings is 2. The van der Waals surface area contributed by atoms with Crippen molar-refractivity contribution in [3.8, 4) is 0 Å². The molecule has 0 amide bonds. The summed E-state index contributed by atoms with van der Waals surface area (Å²) in [6.45, 7) is 3.52. The van der Waals surface area contributed by atoms with Gasteiger partial charge in [-0.1, -0.05) is 29.0 Å². The van der Waals surface area contributed by atoms with Crippen LogP contribution in [0.15, 0.2) is 35.1 Å². The smallest absolute Gasteiger partial charge is 0.348 e. The summed E-state index contributed by atoms with van der Waals surface area (Å²) in [5.41, 5.74) is -1.92. The first kappa shape index (κ1) is 25.8. The van der Waals surface area contributed by atoms with Crippen LogP contribution < -0.4 is 10.5 Å². The van der Waals surface area contributed by atoms with Crippen molar-refractivity contribution in [1.82, 2.24) is 9.88 Å². The van der Waals surface area contributed by atoms with Crippen LogP contribution in [-0.2, 0) is 12.7 Å². The van der Waals surface area contributed by atoms with Crippen LogP contribution in [-0.4, -0.2) is 41.0 Å². The topological polar surface area (TPSA) is 79.6 Å². The predicted molar refractivity (Wildman–Crippen MR) is 133 cm³/mol. The van der Waals surface area contributed by atoms with Crippen LogP contribution in [0.1, 0.15) is 30.4 Å². The van der Waals surface area contributed by atoms with E-state index in [1.165, 1.54) is 6.07 Å². The van der Waals surface area contributed by atoms with Crippen molar-refractivity contribution in [2.45, 2.75) is 32.0 Å². The number of halogens is 5. The van der Waals surface area contributed by atoms with E-state index in [2.05, 4.69) is 9.88 Å². The molecule has 196 valence electrons. The van der Waals surface area contributed by atoms with Crippen molar-refractivity contribution in [2.75, 3.05) is 31.1 Å². The fraction of sp³-hybridized carbons (Fsp3) is 0.417. The molecule has 2 aromatic carbocycles. The normalized spacial score (nSPS) is 18.1. The van der Waals surface area contributed by atoms with Gasteiger partial charge < -0.3 is 4.90 Å². The summed E-state index contributed by atoms with van der Waals surface area (Å²) >= 11 is 6.77. The van der Waals surface area contributed by atoms with Gasteiger partial charge in [-0.25, -0.2) is 4.39 Å². The van der Waals surface area contributed by atoms with Crippen molar-refractivity contribution in [3.05, 3.63) is 72.8 Å². The fourth-order valence-corrected chi connectivity index (χ4v) is 6.53. The number of alkyl halides is 3. The molecule has 0 N–H and O–H groups in total. The lowest BCUT2D eigenvalue weighted by Gasteiger charge is -2.39. The van der Waals surface area contributed by atoms with Gasteiger partial charge in [0.15, 0.2) is 5.13 Å². The molecular weight excluding hydrogens is 536 g/mol. The predicted octanol–water partition coefficient (Wildman–Crippen LogP) is 5.87. The molecule has 2 fully saturated rings. The number of non-ortho nitro benzene ring substituents is 1. The van der Waals surface area contributed by atoms with Crippen molar-refractivity contribution in [1.29, 1.82) is 0 Å². The fourth-order valence-electron chi connectivity index (χ4n) is 5.21. The Balaban J connectivity index is 1.33. The molecule has 37 heavy (non-hydrogen) atoms. The summed E-state index contributed by atoms with van der Waals surface area (Å²) in [6, 6.07) is 5.81. The van der Waals surface area contributed by atoms with Gasteiger partial charge in [0.1, 0.15) is 10.5 Å². The minimum absolute atomic E-state index is 0.0652. The first-order valence-corrected chi connectivity index (χ1v) is 12.8. The molecule has 0 saturated carbocycles. The molecule has 2 aliphatic rings. The molecule has 0 unspecified atom stereocenters. The molecular formula is C24H21ClF4N4O3S. The second-order valence-electron chi connectivity index (χ2n) is 9.62. The molecule has 0 atom stereocenters. The first-order valence-electron chi connectivity index (χ1n) is 11.6. The quantitative estimate of drug-likeness (QED) is 0.227. The summed E-state index contributed by atoms with van der Waals surface area (Å²) in [5.74, 6) is -0.452. The average Bonchev–Trinajstić information content (AvgIpc) is 3.22. The van der Waals surface area contributed by atoms with E-state index < -0.39 is 39.1 Å². The Labute approximate surface area is 217 Å². The van der Waals surface area contributed by atoms with Gasteiger partial charge in [-0.15, -0.1) is 0 Å². The van der Waals surface area contributed by atoms with E-state index in [0.29, 0.717) is 31.8 Å². The minimum Gasteiger partial charge on any atom is -0.348 e. The third kappa shape index (κ3) is 5.14. The Hall–Kier alpha value is -2.83. The lowest BCUT2D eigenvalue weighted by Crippen LogP contribution is -2.42. The highest BCUT2D eigenvalue weighted by Gasteiger charge is 2.41. The van der Waals surface area contributed by atoms with E-state index in [1.54, 1.807) is 12.1 Å². The van der Waals surface area contributed by atoms with Crippen molar-refractivity contribution in [2.24, 2.45) is 5.41 Å².